The third kappa shape index (κ3) is 8.66. The number of hydrogen-bond acceptors (Lipinski definition) is 15. The van der Waals surface area contributed by atoms with Gasteiger partial charge in [-0.1, -0.05) is 50.2 Å². The number of hydrogen-bond donors (Lipinski definition) is 3. The molecule has 17 heteroatoms. The number of anilines is 1. The van der Waals surface area contributed by atoms with Gasteiger partial charge in [0.15, 0.2) is 11.5 Å². The van der Waals surface area contributed by atoms with Gasteiger partial charge in [-0.3, -0.25) is 9.59 Å². The zero-order valence-corrected chi connectivity index (χ0v) is 37.8. The van der Waals surface area contributed by atoms with E-state index in [1.165, 1.54) is 15.3 Å². The average molecular weight is 900 g/mol. The number of likely N-dealkylation sites (tertiary alicyclic amines) is 1. The van der Waals surface area contributed by atoms with E-state index in [9.17, 15) is 19.8 Å². The highest BCUT2D eigenvalue weighted by atomic mass is 32.1. The minimum absolute atomic E-state index is 0.0267. The van der Waals surface area contributed by atoms with Crippen molar-refractivity contribution in [3.8, 4) is 39.1 Å². The highest BCUT2D eigenvalue weighted by molar-refractivity contribution is 7.19. The van der Waals surface area contributed by atoms with Crippen LogP contribution in [0.25, 0.3) is 31.9 Å². The quantitative estimate of drug-likeness (QED) is 0.106. The second kappa shape index (κ2) is 18.1. The largest absolute Gasteiger partial charge is 0.507 e. The van der Waals surface area contributed by atoms with Crippen LogP contribution in [-0.4, -0.2) is 89.0 Å². The monoisotopic (exact) mass is 899 g/mol. The number of aliphatic hydroxyl groups excluding tert-OH is 1. The predicted octanol–water partition coefficient (Wildman–Crippen LogP) is 8.34. The lowest BCUT2D eigenvalue weighted by molar-refractivity contribution is -0.141. The highest BCUT2D eigenvalue weighted by Crippen LogP contribution is 2.41. The standard InChI is InChI=1S/C47H49N9O6S2/c1-25(2)41(46(60)56-23-32(57)18-37(56)44(59)51-27(4)29-10-12-30(13-11-29)43-28(5)50-24-63-43)39-20-40(54-62-39)61-33-21-48-47(49-22-33)55-16-14-31(15-17-55)42-26(3)35-19-36(52-53-45(35)64-42)34-8-6-7-9-38(34)58/h6-13,19-22,24-25,27,31-32,37,41,57-58H,14-18,23H2,1-5H3,(H,51,59)/t27?,32-,37+,41?/m1/s1. The number of nitrogens with zero attached hydrogens (tertiary/aromatic N) is 8. The van der Waals surface area contributed by atoms with Crippen molar-refractivity contribution in [3.05, 3.63) is 106 Å². The van der Waals surface area contributed by atoms with Crippen molar-refractivity contribution in [1.82, 2.24) is 40.5 Å². The van der Waals surface area contributed by atoms with E-state index in [2.05, 4.69) is 47.4 Å². The van der Waals surface area contributed by atoms with Gasteiger partial charge >= 0.3 is 0 Å². The molecule has 64 heavy (non-hydrogen) atoms. The van der Waals surface area contributed by atoms with E-state index in [1.807, 2.05) is 75.7 Å². The Labute approximate surface area is 378 Å². The fraction of sp³-hybridized carbons (Fsp3) is 0.362. The summed E-state index contributed by atoms with van der Waals surface area (Å²) in [4.78, 5) is 48.4. The number of fused-ring (bicyclic) bond motifs is 1. The van der Waals surface area contributed by atoms with Crippen molar-refractivity contribution in [2.24, 2.45) is 5.92 Å². The highest BCUT2D eigenvalue weighted by Gasteiger charge is 2.43. The second-order valence-corrected chi connectivity index (χ2v) is 18.8. The van der Waals surface area contributed by atoms with Crippen LogP contribution in [0.4, 0.5) is 5.95 Å². The fourth-order valence-electron chi connectivity index (χ4n) is 8.82. The van der Waals surface area contributed by atoms with Crippen LogP contribution in [0.15, 0.2) is 83.1 Å². The number of thiophene rings is 1. The van der Waals surface area contributed by atoms with Crippen LogP contribution in [0.1, 0.15) is 85.4 Å². The number of aromatic nitrogens is 6. The summed E-state index contributed by atoms with van der Waals surface area (Å²) in [7, 11) is 0. The zero-order chi connectivity index (χ0) is 44.6. The lowest BCUT2D eigenvalue weighted by atomic mass is 9.91. The number of aryl methyl sites for hydroxylation is 2. The van der Waals surface area contributed by atoms with Gasteiger partial charge in [0, 0.05) is 47.9 Å². The smallest absolute Gasteiger partial charge is 0.259 e. The van der Waals surface area contributed by atoms with Crippen molar-refractivity contribution in [1.29, 1.82) is 0 Å². The molecule has 15 nitrogen and oxygen atoms in total. The normalized spacial score (nSPS) is 17.9. The molecule has 2 aromatic carbocycles. The van der Waals surface area contributed by atoms with E-state index in [4.69, 9.17) is 9.26 Å². The van der Waals surface area contributed by atoms with Crippen LogP contribution in [0.2, 0.25) is 0 Å². The molecule has 0 radical (unpaired) electrons. The van der Waals surface area contributed by atoms with E-state index in [0.29, 0.717) is 28.9 Å². The van der Waals surface area contributed by atoms with Gasteiger partial charge in [0.2, 0.25) is 17.8 Å². The number of ether oxygens (including phenoxy) is 1. The van der Waals surface area contributed by atoms with Crippen molar-refractivity contribution in [2.45, 2.75) is 83.9 Å². The molecule has 7 aromatic rings. The van der Waals surface area contributed by atoms with Crippen LogP contribution >= 0.6 is 22.7 Å². The minimum atomic E-state index is -0.856. The molecule has 2 unspecified atom stereocenters. The maximum absolute atomic E-state index is 14.2. The first-order valence-corrected chi connectivity index (χ1v) is 23.2. The summed E-state index contributed by atoms with van der Waals surface area (Å²) in [6.07, 6.45) is 4.32. The van der Waals surface area contributed by atoms with E-state index < -0.39 is 18.1 Å². The molecule has 2 aliphatic rings. The van der Waals surface area contributed by atoms with E-state index in [-0.39, 0.29) is 54.1 Å². The molecule has 7 heterocycles. The Balaban J connectivity index is 0.807. The summed E-state index contributed by atoms with van der Waals surface area (Å²) in [5.41, 5.74) is 7.30. The van der Waals surface area contributed by atoms with Crippen molar-refractivity contribution in [2.75, 3.05) is 24.5 Å². The SMILES string of the molecule is Cc1ncsc1-c1ccc(C(C)NC(=O)[C@@H]2C[C@@H](O)CN2C(=O)C(c2cc(Oc3cnc(N4CCC(c5sc6nnc(-c7ccccc7O)cc6c5C)CC4)nc3)no2)C(C)C)cc1. The van der Waals surface area contributed by atoms with Crippen LogP contribution in [0, 0.1) is 19.8 Å². The summed E-state index contributed by atoms with van der Waals surface area (Å²) in [6.45, 7) is 11.4. The van der Waals surface area contributed by atoms with Gasteiger partial charge in [0.25, 0.3) is 5.88 Å². The molecule has 9 rings (SSSR count). The van der Waals surface area contributed by atoms with Gasteiger partial charge in [-0.2, -0.15) is 0 Å². The molecule has 2 amide bonds. The Morgan fingerprint density at radius 3 is 2.42 bits per heavy atom. The summed E-state index contributed by atoms with van der Waals surface area (Å²) >= 11 is 3.27. The maximum atomic E-state index is 14.2. The van der Waals surface area contributed by atoms with E-state index in [1.54, 1.807) is 53.3 Å². The number of carbonyl (C=O) groups excluding carboxylic acids is 2. The first-order chi connectivity index (χ1) is 30.9. The van der Waals surface area contributed by atoms with Crippen molar-refractivity contribution < 1.29 is 29.1 Å². The first-order valence-electron chi connectivity index (χ1n) is 21.5. The maximum Gasteiger partial charge on any atom is 0.259 e. The van der Waals surface area contributed by atoms with Gasteiger partial charge in [-0.05, 0) is 85.5 Å². The van der Waals surface area contributed by atoms with Crippen LogP contribution < -0.4 is 15.0 Å². The molecule has 3 N–H and O–H groups in total. The summed E-state index contributed by atoms with van der Waals surface area (Å²) < 4.78 is 11.7. The number of piperidine rings is 1. The molecular formula is C47H49N9O6S2. The number of rotatable bonds is 12. The molecule has 5 aromatic heterocycles. The molecule has 2 saturated heterocycles. The van der Waals surface area contributed by atoms with Crippen molar-refractivity contribution >= 4 is 50.7 Å². The first kappa shape index (κ1) is 43.0. The number of phenolic OH excluding ortho intramolecular Hbond substituents is 1. The number of benzene rings is 2. The molecule has 2 fully saturated rings. The molecule has 0 saturated carbocycles. The van der Waals surface area contributed by atoms with Crippen LogP contribution in [0.5, 0.6) is 17.4 Å². The summed E-state index contributed by atoms with van der Waals surface area (Å²) in [6, 6.07) is 17.6. The molecule has 2 aliphatic heterocycles. The number of amides is 2. The minimum Gasteiger partial charge on any atom is -0.507 e. The third-order valence-electron chi connectivity index (χ3n) is 12.3. The summed E-state index contributed by atoms with van der Waals surface area (Å²) in [5.74, 6) is 0.266. The number of β-amino-alcohol motifs (C(OH)–C–C–N with tert-alkyl or cyclic N) is 1. The van der Waals surface area contributed by atoms with Gasteiger partial charge in [0.05, 0.1) is 46.3 Å². The Hall–Kier alpha value is -6.30. The van der Waals surface area contributed by atoms with Gasteiger partial charge in [-0.25, -0.2) is 15.0 Å². The Morgan fingerprint density at radius 2 is 1.72 bits per heavy atom. The third-order valence-corrected chi connectivity index (χ3v) is 14.6. The molecular weight excluding hydrogens is 851 g/mol. The Bertz CT molecular complexity index is 2780. The number of para-hydroxylation sites is 1. The lowest BCUT2D eigenvalue weighted by Gasteiger charge is -2.31. The molecule has 0 aliphatic carbocycles. The van der Waals surface area contributed by atoms with E-state index >= 15 is 0 Å². The van der Waals surface area contributed by atoms with Gasteiger partial charge < -0.3 is 34.6 Å². The Morgan fingerprint density at radius 1 is 0.969 bits per heavy atom. The number of aliphatic hydroxyl groups is 1. The van der Waals surface area contributed by atoms with Crippen LogP contribution in [0.3, 0.4) is 0 Å². The molecule has 0 bridgehead atoms. The summed E-state index contributed by atoms with van der Waals surface area (Å²) in [5, 5.41) is 38.2. The van der Waals surface area contributed by atoms with Gasteiger partial charge in [0.1, 0.15) is 22.5 Å². The number of aromatic hydroxyl groups is 1. The molecule has 0 spiro atoms. The van der Waals surface area contributed by atoms with E-state index in [0.717, 1.165) is 57.8 Å². The predicted molar refractivity (Wildman–Crippen MR) is 245 cm³/mol. The van der Waals surface area contributed by atoms with Crippen LogP contribution in [-0.2, 0) is 9.59 Å². The average Bonchev–Trinajstić information content (AvgIpc) is 4.11. The number of thiazole rings is 1. The zero-order valence-electron chi connectivity index (χ0n) is 36.1. The molecule has 4 atom stereocenters. The fourth-order valence-corrected chi connectivity index (χ4v) is 10.9. The number of nitrogens with one attached hydrogen (secondary N) is 1. The molecule has 330 valence electrons. The number of carbonyl (C=O) groups is 2. The number of phenols is 1. The van der Waals surface area contributed by atoms with Gasteiger partial charge in [-0.15, -0.1) is 32.9 Å². The lowest BCUT2D eigenvalue weighted by Crippen LogP contribution is -2.48. The topological polar surface area (TPSA) is 193 Å². The van der Waals surface area contributed by atoms with Crippen molar-refractivity contribution in [3.63, 3.8) is 0 Å². The Kier molecular flexibility index (Phi) is 12.1. The second-order valence-electron chi connectivity index (χ2n) is 16.9.